The van der Waals surface area contributed by atoms with Gasteiger partial charge in [-0.3, -0.25) is 14.0 Å². The lowest BCUT2D eigenvalue weighted by Crippen LogP contribution is -2.17. The topological polar surface area (TPSA) is 80.9 Å². The molecule has 27 heavy (non-hydrogen) atoms. The number of aliphatic hydroxyl groups excluding tert-OH is 1. The zero-order valence-corrected chi connectivity index (χ0v) is 16.3. The predicted molar refractivity (Wildman–Crippen MR) is 105 cm³/mol. The van der Waals surface area contributed by atoms with Gasteiger partial charge >= 0.3 is 5.97 Å². The molecule has 0 amide bonds. The van der Waals surface area contributed by atoms with Gasteiger partial charge in [0.1, 0.15) is 12.3 Å². The van der Waals surface area contributed by atoms with E-state index in [0.717, 1.165) is 24.8 Å². The lowest BCUT2D eigenvalue weighted by Gasteiger charge is -2.10. The molecule has 0 fully saturated rings. The van der Waals surface area contributed by atoms with Crippen LogP contribution in [0.1, 0.15) is 69.5 Å². The van der Waals surface area contributed by atoms with Crippen LogP contribution in [-0.2, 0) is 16.1 Å². The standard InChI is InChI=1S/C21H30N2O4/c1-3-4-5-6-7-10-18(24)11-12-20(26)27-15-17-14-19(25)23-13-8-9-16(2)21(23)22-17/h8-9,13-14,18,24H,3-7,10-12,15H2,1-2H3. The van der Waals surface area contributed by atoms with E-state index in [-0.39, 0.29) is 24.6 Å². The summed E-state index contributed by atoms with van der Waals surface area (Å²) in [6.07, 6.45) is 8.23. The Bertz CT molecular complexity index is 800. The molecule has 6 nitrogen and oxygen atoms in total. The maximum absolute atomic E-state index is 12.1. The number of hydrogen-bond donors (Lipinski definition) is 1. The number of pyridine rings is 1. The third kappa shape index (κ3) is 6.79. The maximum atomic E-state index is 12.1. The number of fused-ring (bicyclic) bond motifs is 1. The number of nitrogens with zero attached hydrogens (tertiary/aromatic N) is 2. The number of aromatic nitrogens is 2. The Kier molecular flexibility index (Phi) is 8.45. The van der Waals surface area contributed by atoms with E-state index in [1.807, 2.05) is 13.0 Å². The number of unbranched alkanes of at least 4 members (excludes halogenated alkanes) is 4. The van der Waals surface area contributed by atoms with Gasteiger partial charge in [-0.05, 0) is 31.4 Å². The molecule has 0 saturated heterocycles. The van der Waals surface area contributed by atoms with E-state index >= 15 is 0 Å². The lowest BCUT2D eigenvalue weighted by atomic mass is 10.1. The average Bonchev–Trinajstić information content (AvgIpc) is 2.65. The minimum atomic E-state index is -0.467. The highest BCUT2D eigenvalue weighted by Gasteiger charge is 2.11. The summed E-state index contributed by atoms with van der Waals surface area (Å²) in [5.74, 6) is -0.383. The molecule has 148 valence electrons. The van der Waals surface area contributed by atoms with Gasteiger partial charge in [-0.1, -0.05) is 45.1 Å². The maximum Gasteiger partial charge on any atom is 0.306 e. The predicted octanol–water partition coefficient (Wildman–Crippen LogP) is 3.55. The number of rotatable bonds is 11. The summed E-state index contributed by atoms with van der Waals surface area (Å²) < 4.78 is 6.69. The quantitative estimate of drug-likeness (QED) is 0.480. The summed E-state index contributed by atoms with van der Waals surface area (Å²) in [5, 5.41) is 9.96. The molecule has 2 aromatic rings. The second-order valence-electron chi connectivity index (χ2n) is 7.03. The molecule has 1 atom stereocenters. The van der Waals surface area contributed by atoms with Crippen LogP contribution >= 0.6 is 0 Å². The van der Waals surface area contributed by atoms with Gasteiger partial charge in [-0.25, -0.2) is 4.98 Å². The van der Waals surface area contributed by atoms with Crippen LogP contribution in [0.15, 0.2) is 29.2 Å². The van der Waals surface area contributed by atoms with Crippen LogP contribution in [0.3, 0.4) is 0 Å². The van der Waals surface area contributed by atoms with E-state index in [1.54, 1.807) is 12.3 Å². The van der Waals surface area contributed by atoms with E-state index in [1.165, 1.54) is 29.7 Å². The molecule has 2 rings (SSSR count). The fourth-order valence-electron chi connectivity index (χ4n) is 3.02. The summed E-state index contributed by atoms with van der Waals surface area (Å²) >= 11 is 0. The second-order valence-corrected chi connectivity index (χ2v) is 7.03. The number of carbonyl (C=O) groups excluding carboxylic acids is 1. The van der Waals surface area contributed by atoms with Crippen LogP contribution in [-0.4, -0.2) is 26.6 Å². The van der Waals surface area contributed by atoms with Crippen LogP contribution in [0.5, 0.6) is 0 Å². The Hall–Kier alpha value is -2.21. The molecule has 0 aliphatic rings. The Balaban J connectivity index is 1.76. The number of aryl methyl sites for hydroxylation is 1. The molecule has 2 aromatic heterocycles. The number of aliphatic hydroxyl groups is 1. The molecule has 1 N–H and O–H groups in total. The van der Waals surface area contributed by atoms with Crippen molar-refractivity contribution in [1.82, 2.24) is 9.38 Å². The number of ether oxygens (including phenoxy) is 1. The normalized spacial score (nSPS) is 12.3. The summed E-state index contributed by atoms with van der Waals surface area (Å²) in [6.45, 7) is 4.01. The van der Waals surface area contributed by atoms with Crippen LogP contribution < -0.4 is 5.56 Å². The minimum Gasteiger partial charge on any atom is -0.459 e. The lowest BCUT2D eigenvalue weighted by molar-refractivity contribution is -0.145. The molecular weight excluding hydrogens is 344 g/mol. The summed E-state index contributed by atoms with van der Waals surface area (Å²) in [7, 11) is 0. The molecule has 0 saturated carbocycles. The molecule has 0 aliphatic carbocycles. The molecule has 1 unspecified atom stereocenters. The third-order valence-electron chi connectivity index (χ3n) is 4.64. The van der Waals surface area contributed by atoms with Gasteiger partial charge in [-0.15, -0.1) is 0 Å². The summed E-state index contributed by atoms with van der Waals surface area (Å²) in [6, 6.07) is 5.05. The van der Waals surface area contributed by atoms with Gasteiger partial charge < -0.3 is 9.84 Å². The van der Waals surface area contributed by atoms with Crippen molar-refractivity contribution in [3.63, 3.8) is 0 Å². The van der Waals surface area contributed by atoms with Gasteiger partial charge in [0, 0.05) is 18.7 Å². The fourth-order valence-corrected chi connectivity index (χ4v) is 3.02. The number of carbonyl (C=O) groups is 1. The Morgan fingerprint density at radius 1 is 1.26 bits per heavy atom. The van der Waals surface area contributed by atoms with Crippen molar-refractivity contribution in [1.29, 1.82) is 0 Å². The Morgan fingerprint density at radius 2 is 2.04 bits per heavy atom. The van der Waals surface area contributed by atoms with Crippen molar-refractivity contribution in [3.05, 3.63) is 46.0 Å². The van der Waals surface area contributed by atoms with Gasteiger partial charge in [-0.2, -0.15) is 0 Å². The molecule has 0 spiro atoms. The monoisotopic (exact) mass is 374 g/mol. The summed E-state index contributed by atoms with van der Waals surface area (Å²) in [5.41, 5.74) is 1.67. The van der Waals surface area contributed by atoms with E-state index in [9.17, 15) is 14.7 Å². The highest BCUT2D eigenvalue weighted by atomic mass is 16.5. The Labute approximate surface area is 160 Å². The van der Waals surface area contributed by atoms with E-state index in [2.05, 4.69) is 11.9 Å². The first-order chi connectivity index (χ1) is 13.0. The van der Waals surface area contributed by atoms with Crippen molar-refractivity contribution in [2.75, 3.05) is 0 Å². The van der Waals surface area contributed by atoms with Gasteiger partial charge in [0.2, 0.25) is 0 Å². The molecule has 0 aromatic carbocycles. The van der Waals surface area contributed by atoms with Crippen molar-refractivity contribution >= 4 is 11.6 Å². The summed E-state index contributed by atoms with van der Waals surface area (Å²) in [4.78, 5) is 28.4. The first kappa shape index (κ1) is 21.1. The van der Waals surface area contributed by atoms with Crippen molar-refractivity contribution in [2.45, 2.75) is 77.9 Å². The minimum absolute atomic E-state index is 0.0357. The van der Waals surface area contributed by atoms with Crippen molar-refractivity contribution in [2.24, 2.45) is 0 Å². The SMILES string of the molecule is CCCCCCCC(O)CCC(=O)OCc1cc(=O)n2cccc(C)c2n1. The van der Waals surface area contributed by atoms with Crippen LogP contribution in [0.25, 0.3) is 5.65 Å². The number of esters is 1. The highest BCUT2D eigenvalue weighted by Crippen LogP contribution is 2.11. The molecule has 0 radical (unpaired) electrons. The van der Waals surface area contributed by atoms with Crippen LogP contribution in [0.4, 0.5) is 0 Å². The zero-order chi connectivity index (χ0) is 19.6. The smallest absolute Gasteiger partial charge is 0.306 e. The largest absolute Gasteiger partial charge is 0.459 e. The van der Waals surface area contributed by atoms with Gasteiger partial charge in [0.05, 0.1) is 11.8 Å². The van der Waals surface area contributed by atoms with Crippen LogP contribution in [0, 0.1) is 6.92 Å². The molecular formula is C21H30N2O4. The van der Waals surface area contributed by atoms with Crippen molar-refractivity contribution in [3.8, 4) is 0 Å². The third-order valence-corrected chi connectivity index (χ3v) is 4.64. The molecule has 0 bridgehead atoms. The Morgan fingerprint density at radius 3 is 2.81 bits per heavy atom. The number of hydrogen-bond acceptors (Lipinski definition) is 5. The molecule has 6 heteroatoms. The zero-order valence-electron chi connectivity index (χ0n) is 16.3. The van der Waals surface area contributed by atoms with Gasteiger partial charge in [0.25, 0.3) is 5.56 Å². The first-order valence-corrected chi connectivity index (χ1v) is 9.83. The van der Waals surface area contributed by atoms with Crippen LogP contribution in [0.2, 0.25) is 0 Å². The van der Waals surface area contributed by atoms with E-state index < -0.39 is 6.10 Å². The molecule has 2 heterocycles. The van der Waals surface area contributed by atoms with Gasteiger partial charge in [0.15, 0.2) is 0 Å². The fraction of sp³-hybridized carbons (Fsp3) is 0.571. The van der Waals surface area contributed by atoms with E-state index in [0.29, 0.717) is 17.8 Å². The average molecular weight is 374 g/mol. The van der Waals surface area contributed by atoms with Crippen molar-refractivity contribution < 1.29 is 14.6 Å². The molecule has 0 aliphatic heterocycles. The highest BCUT2D eigenvalue weighted by molar-refractivity contribution is 5.69. The first-order valence-electron chi connectivity index (χ1n) is 9.83. The second kappa shape index (κ2) is 10.8. The van der Waals surface area contributed by atoms with E-state index in [4.69, 9.17) is 4.74 Å².